The van der Waals surface area contributed by atoms with E-state index in [-0.39, 0.29) is 5.57 Å². The van der Waals surface area contributed by atoms with E-state index in [1.807, 2.05) is 79.7 Å². The minimum Gasteiger partial charge on any atom is -0.492 e. The van der Waals surface area contributed by atoms with Crippen molar-refractivity contribution in [3.05, 3.63) is 102 Å². The molecule has 3 rings (SSSR count). The van der Waals surface area contributed by atoms with Crippen LogP contribution in [-0.2, 0) is 0 Å². The van der Waals surface area contributed by atoms with Crippen LogP contribution < -0.4 is 4.74 Å². The SMILES string of the molecule is [2H]C([2H])([2H])C([2H])([2H])/C(=C(/c1ccccc1)c1ccc(OCCN(C)C)cc1)c1ccccc1. The molecule has 0 atom stereocenters. The van der Waals surface area contributed by atoms with Crippen molar-refractivity contribution in [3.63, 3.8) is 0 Å². The zero-order valence-electron chi connectivity index (χ0n) is 21.4. The van der Waals surface area contributed by atoms with Crippen LogP contribution in [0.15, 0.2) is 84.9 Å². The topological polar surface area (TPSA) is 12.5 Å². The highest BCUT2D eigenvalue weighted by atomic mass is 16.5. The minimum absolute atomic E-state index is 0.135. The van der Waals surface area contributed by atoms with E-state index < -0.39 is 13.2 Å². The second-order valence-corrected chi connectivity index (χ2v) is 6.78. The summed E-state index contributed by atoms with van der Waals surface area (Å²) in [6.07, 6.45) is -2.58. The van der Waals surface area contributed by atoms with Gasteiger partial charge in [0.25, 0.3) is 0 Å². The van der Waals surface area contributed by atoms with Crippen LogP contribution in [0.1, 0.15) is 36.8 Å². The Morgan fingerprint density at radius 2 is 1.39 bits per heavy atom. The fourth-order valence-electron chi connectivity index (χ4n) is 3.01. The Morgan fingerprint density at radius 1 is 0.821 bits per heavy atom. The summed E-state index contributed by atoms with van der Waals surface area (Å²) < 4.78 is 47.1. The molecule has 0 amide bonds. The lowest BCUT2D eigenvalue weighted by atomic mass is 9.88. The van der Waals surface area contributed by atoms with Crippen LogP contribution in [0.2, 0.25) is 0 Å². The summed E-state index contributed by atoms with van der Waals surface area (Å²) in [6.45, 7) is -1.52. The molecule has 0 fully saturated rings. The molecule has 0 aliphatic rings. The highest BCUT2D eigenvalue weighted by Gasteiger charge is 2.12. The van der Waals surface area contributed by atoms with Gasteiger partial charge < -0.3 is 9.64 Å². The van der Waals surface area contributed by atoms with Gasteiger partial charge in [0.2, 0.25) is 0 Å². The molecule has 0 aromatic heterocycles. The highest BCUT2D eigenvalue weighted by molar-refractivity contribution is 5.98. The van der Waals surface area contributed by atoms with Gasteiger partial charge in [0.1, 0.15) is 12.4 Å². The Balaban J connectivity index is 2.21. The molecular formula is C26H29NO. The number of likely N-dealkylation sites (N-methyl/N-ethyl adjacent to an activating group) is 1. The maximum Gasteiger partial charge on any atom is 0.119 e. The van der Waals surface area contributed by atoms with Gasteiger partial charge in [-0.1, -0.05) is 79.6 Å². The van der Waals surface area contributed by atoms with Crippen molar-refractivity contribution >= 4 is 11.1 Å². The Bertz CT molecular complexity index is 1060. The fourth-order valence-corrected chi connectivity index (χ4v) is 3.01. The van der Waals surface area contributed by atoms with Crippen molar-refractivity contribution in [3.8, 4) is 5.75 Å². The summed E-state index contributed by atoms with van der Waals surface area (Å²) in [6, 6.07) is 25.6. The number of ether oxygens (including phenoxy) is 1. The summed E-state index contributed by atoms with van der Waals surface area (Å²) in [5.41, 5.74) is 2.67. The van der Waals surface area contributed by atoms with Crippen LogP contribution in [0, 0.1) is 0 Å². The zero-order valence-corrected chi connectivity index (χ0v) is 16.4. The first kappa shape index (κ1) is 14.2. The van der Waals surface area contributed by atoms with E-state index in [2.05, 4.69) is 0 Å². The molecule has 0 aliphatic heterocycles. The molecule has 0 saturated carbocycles. The van der Waals surface area contributed by atoms with Crippen molar-refractivity contribution < 1.29 is 11.6 Å². The highest BCUT2D eigenvalue weighted by Crippen LogP contribution is 2.34. The minimum atomic E-state index is -2.85. The van der Waals surface area contributed by atoms with Crippen molar-refractivity contribution in [2.24, 2.45) is 0 Å². The monoisotopic (exact) mass is 376 g/mol. The van der Waals surface area contributed by atoms with Gasteiger partial charge in [-0.15, -0.1) is 0 Å². The molecule has 3 aromatic carbocycles. The molecule has 0 bridgehead atoms. The van der Waals surface area contributed by atoms with Gasteiger partial charge in [0, 0.05) is 13.4 Å². The summed E-state index contributed by atoms with van der Waals surface area (Å²) in [5.74, 6) is 0.702. The van der Waals surface area contributed by atoms with E-state index in [4.69, 9.17) is 11.6 Å². The molecule has 0 unspecified atom stereocenters. The number of hydrogen-bond acceptors (Lipinski definition) is 2. The number of benzene rings is 3. The first-order valence-corrected chi connectivity index (χ1v) is 9.35. The predicted molar refractivity (Wildman–Crippen MR) is 120 cm³/mol. The van der Waals surface area contributed by atoms with E-state index in [0.29, 0.717) is 29.1 Å². The predicted octanol–water partition coefficient (Wildman–Crippen LogP) is 6.00. The third-order valence-electron chi connectivity index (χ3n) is 4.45. The third kappa shape index (κ3) is 5.11. The van der Waals surface area contributed by atoms with E-state index in [9.17, 15) is 0 Å². The van der Waals surface area contributed by atoms with Crippen molar-refractivity contribution in [1.29, 1.82) is 0 Å². The maximum absolute atomic E-state index is 8.69. The van der Waals surface area contributed by atoms with Crippen LogP contribution in [0.4, 0.5) is 0 Å². The lowest BCUT2D eigenvalue weighted by Crippen LogP contribution is -2.19. The molecule has 28 heavy (non-hydrogen) atoms. The third-order valence-corrected chi connectivity index (χ3v) is 4.45. The van der Waals surface area contributed by atoms with Gasteiger partial charge in [-0.25, -0.2) is 0 Å². The summed E-state index contributed by atoms with van der Waals surface area (Å²) >= 11 is 0. The normalized spacial score (nSPS) is 15.6. The van der Waals surface area contributed by atoms with Crippen LogP contribution >= 0.6 is 0 Å². The summed E-state index contributed by atoms with van der Waals surface area (Å²) in [4.78, 5) is 2.04. The van der Waals surface area contributed by atoms with Crippen LogP contribution in [0.25, 0.3) is 11.1 Å². The van der Waals surface area contributed by atoms with Crippen LogP contribution in [0.5, 0.6) is 5.75 Å². The van der Waals surface area contributed by atoms with E-state index in [0.717, 1.165) is 12.1 Å². The Hall–Kier alpha value is -2.84. The van der Waals surface area contributed by atoms with Crippen molar-refractivity contribution in [2.75, 3.05) is 27.2 Å². The molecule has 0 N–H and O–H groups in total. The van der Waals surface area contributed by atoms with Gasteiger partial charge in [-0.3, -0.25) is 0 Å². The van der Waals surface area contributed by atoms with Crippen LogP contribution in [0.3, 0.4) is 0 Å². The van der Waals surface area contributed by atoms with Gasteiger partial charge in [-0.2, -0.15) is 0 Å². The van der Waals surface area contributed by atoms with Gasteiger partial charge in [0.05, 0.1) is 0 Å². The first-order valence-electron chi connectivity index (χ1n) is 11.8. The fraction of sp³-hybridized carbons (Fsp3) is 0.231. The average Bonchev–Trinajstić information content (AvgIpc) is 2.78. The molecule has 2 nitrogen and oxygen atoms in total. The number of nitrogens with zero attached hydrogens (tertiary/aromatic N) is 1. The molecule has 0 aliphatic carbocycles. The molecule has 0 heterocycles. The second-order valence-electron chi connectivity index (χ2n) is 6.78. The van der Waals surface area contributed by atoms with Crippen molar-refractivity contribution in [2.45, 2.75) is 13.2 Å². The van der Waals surface area contributed by atoms with Gasteiger partial charge >= 0.3 is 0 Å². The largest absolute Gasteiger partial charge is 0.492 e. The molecule has 144 valence electrons. The number of hydrogen-bond donors (Lipinski definition) is 0. The quantitative estimate of drug-likeness (QED) is 0.447. The number of rotatable bonds is 8. The van der Waals surface area contributed by atoms with Gasteiger partial charge in [0.15, 0.2) is 0 Å². The molecule has 2 heteroatoms. The van der Waals surface area contributed by atoms with Gasteiger partial charge in [-0.05, 0) is 60.4 Å². The second kappa shape index (κ2) is 9.91. The lowest BCUT2D eigenvalue weighted by molar-refractivity contribution is 0.261. The molecule has 0 saturated heterocycles. The standard InChI is InChI=1S/C26H29NO/c1-4-25(21-11-7-5-8-12-21)26(22-13-9-6-10-14-22)23-15-17-24(18-16-23)28-20-19-27(2)3/h5-18H,4,19-20H2,1-3H3/b26-25+/i1D3,4D2. The Morgan fingerprint density at radius 3 is 1.96 bits per heavy atom. The van der Waals surface area contributed by atoms with E-state index >= 15 is 0 Å². The Labute approximate surface area is 176 Å². The average molecular weight is 377 g/mol. The zero-order chi connectivity index (χ0) is 24.1. The Kier molecular flexibility index (Phi) is 5.03. The maximum atomic E-state index is 8.69. The molecular weight excluding hydrogens is 342 g/mol. The first-order chi connectivity index (χ1) is 15.6. The smallest absolute Gasteiger partial charge is 0.119 e. The van der Waals surface area contributed by atoms with E-state index in [1.165, 1.54) is 0 Å². The van der Waals surface area contributed by atoms with E-state index in [1.54, 1.807) is 24.3 Å². The molecule has 3 aromatic rings. The van der Waals surface area contributed by atoms with Crippen LogP contribution in [-0.4, -0.2) is 32.1 Å². The molecule has 0 spiro atoms. The number of allylic oxidation sites excluding steroid dienone is 1. The van der Waals surface area contributed by atoms with Crippen molar-refractivity contribution in [1.82, 2.24) is 4.90 Å². The summed E-state index contributed by atoms with van der Waals surface area (Å²) in [5, 5.41) is 0. The molecule has 0 radical (unpaired) electrons. The lowest BCUT2D eigenvalue weighted by Gasteiger charge is -2.17. The summed E-state index contributed by atoms with van der Waals surface area (Å²) in [7, 11) is 3.96.